The Hall–Kier alpha value is -3.78. The first kappa shape index (κ1) is 27.8. The molecule has 3 heterocycles. The van der Waals surface area contributed by atoms with Crippen molar-refractivity contribution in [1.82, 2.24) is 24.8 Å². The summed E-state index contributed by atoms with van der Waals surface area (Å²) in [6.07, 6.45) is 7.13. The number of ether oxygens (including phenoxy) is 2. The highest BCUT2D eigenvalue weighted by Crippen LogP contribution is 2.41. The Morgan fingerprint density at radius 1 is 1.23 bits per heavy atom. The number of imidazole rings is 1. The number of piperazine rings is 1. The molecule has 0 radical (unpaired) electrons. The smallest absolute Gasteiger partial charge is 0.275 e. The average Bonchev–Trinajstić information content (AvgIpc) is 3.43. The number of benzene rings is 1. The fourth-order valence-corrected chi connectivity index (χ4v) is 5.91. The topological polar surface area (TPSA) is 126 Å². The number of aromatic nitrogens is 3. The Morgan fingerprint density at radius 2 is 2.08 bits per heavy atom. The summed E-state index contributed by atoms with van der Waals surface area (Å²) in [4.78, 5) is 24.9. The Balaban J connectivity index is 1.40. The summed E-state index contributed by atoms with van der Waals surface area (Å²) >= 11 is 0. The van der Waals surface area contributed by atoms with Gasteiger partial charge in [0.2, 0.25) is 5.88 Å². The van der Waals surface area contributed by atoms with Gasteiger partial charge in [0, 0.05) is 57.0 Å². The van der Waals surface area contributed by atoms with Crippen LogP contribution in [-0.4, -0.2) is 82.0 Å². The third-order valence-corrected chi connectivity index (χ3v) is 7.91. The molecule has 40 heavy (non-hydrogen) atoms. The van der Waals surface area contributed by atoms with E-state index in [1.54, 1.807) is 25.6 Å². The number of rotatable bonds is 9. The van der Waals surface area contributed by atoms with Gasteiger partial charge in [-0.2, -0.15) is 5.26 Å². The minimum atomic E-state index is -1.04. The number of hydrogen-bond acceptors (Lipinski definition) is 8. The molecule has 1 amide bonds. The Kier molecular flexibility index (Phi) is 8.75. The summed E-state index contributed by atoms with van der Waals surface area (Å²) in [5.74, 6) is 0.313. The van der Waals surface area contributed by atoms with Crippen molar-refractivity contribution < 1.29 is 19.4 Å². The minimum absolute atomic E-state index is 0.0893. The number of nitriles is 1. The van der Waals surface area contributed by atoms with E-state index in [1.165, 1.54) is 6.20 Å². The second-order valence-electron chi connectivity index (χ2n) is 10.5. The lowest BCUT2D eigenvalue weighted by atomic mass is 9.80. The number of methoxy groups -OCH3 is 1. The average molecular weight is 545 g/mol. The van der Waals surface area contributed by atoms with Crippen LogP contribution >= 0.6 is 0 Å². The summed E-state index contributed by atoms with van der Waals surface area (Å²) in [5, 5.41) is 24.0. The number of carbonyl (C=O) groups is 1. The molecular formula is C30H36N6O4. The zero-order valence-corrected chi connectivity index (χ0v) is 22.8. The Labute approximate surface area is 234 Å². The van der Waals surface area contributed by atoms with Crippen molar-refractivity contribution in [2.24, 2.45) is 0 Å². The van der Waals surface area contributed by atoms with E-state index in [9.17, 15) is 9.90 Å². The van der Waals surface area contributed by atoms with Gasteiger partial charge in [-0.15, -0.1) is 0 Å². The molecule has 0 spiro atoms. The van der Waals surface area contributed by atoms with Gasteiger partial charge in [-0.1, -0.05) is 43.2 Å². The van der Waals surface area contributed by atoms with Gasteiger partial charge in [-0.05, 0) is 18.9 Å². The van der Waals surface area contributed by atoms with E-state index in [-0.39, 0.29) is 24.6 Å². The largest absolute Gasteiger partial charge is 0.478 e. The number of aliphatic hydroxyl groups is 1. The number of carbonyl (C=O) groups excluding carboxylic acids is 1. The van der Waals surface area contributed by atoms with Crippen LogP contribution in [0.5, 0.6) is 5.88 Å². The van der Waals surface area contributed by atoms with Crippen LogP contribution < -0.4 is 10.1 Å². The lowest BCUT2D eigenvalue weighted by molar-refractivity contribution is -0.0893. The van der Waals surface area contributed by atoms with Crippen molar-refractivity contribution in [1.29, 1.82) is 5.26 Å². The van der Waals surface area contributed by atoms with Gasteiger partial charge < -0.3 is 29.4 Å². The van der Waals surface area contributed by atoms with E-state index in [0.29, 0.717) is 56.2 Å². The maximum Gasteiger partial charge on any atom is 0.275 e. The Morgan fingerprint density at radius 3 is 2.83 bits per heavy atom. The number of nitrogens with one attached hydrogen (secondary N) is 1. The maximum atomic E-state index is 14.1. The van der Waals surface area contributed by atoms with Gasteiger partial charge in [0.15, 0.2) is 5.69 Å². The van der Waals surface area contributed by atoms with Crippen molar-refractivity contribution in [2.75, 3.05) is 40.0 Å². The van der Waals surface area contributed by atoms with E-state index >= 15 is 0 Å². The molecule has 0 bridgehead atoms. The zero-order chi connectivity index (χ0) is 28.0. The van der Waals surface area contributed by atoms with E-state index in [4.69, 9.17) is 14.7 Å². The molecule has 210 valence electrons. The summed E-state index contributed by atoms with van der Waals surface area (Å²) in [6, 6.07) is 14.9. The highest BCUT2D eigenvalue weighted by molar-refractivity contribution is 5.98. The lowest BCUT2D eigenvalue weighted by Crippen LogP contribution is -2.54. The predicted molar refractivity (Wildman–Crippen MR) is 149 cm³/mol. The van der Waals surface area contributed by atoms with Gasteiger partial charge in [0.1, 0.15) is 11.7 Å². The number of amides is 1. The van der Waals surface area contributed by atoms with Crippen LogP contribution in [0.15, 0.2) is 55.0 Å². The summed E-state index contributed by atoms with van der Waals surface area (Å²) < 4.78 is 13.2. The van der Waals surface area contributed by atoms with Crippen molar-refractivity contribution >= 4 is 5.91 Å². The number of pyridine rings is 1. The quantitative estimate of drug-likeness (QED) is 0.421. The van der Waals surface area contributed by atoms with E-state index in [1.807, 2.05) is 45.9 Å². The summed E-state index contributed by atoms with van der Waals surface area (Å²) in [6.45, 7) is 2.49. The van der Waals surface area contributed by atoms with E-state index in [2.05, 4.69) is 15.3 Å². The third-order valence-electron chi connectivity index (χ3n) is 7.91. The second-order valence-corrected chi connectivity index (χ2v) is 10.5. The molecule has 1 saturated heterocycles. The van der Waals surface area contributed by atoms with Crippen molar-refractivity contribution in [3.63, 3.8) is 0 Å². The molecule has 10 nitrogen and oxygen atoms in total. The fourth-order valence-electron chi connectivity index (χ4n) is 5.91. The molecule has 2 fully saturated rings. The molecule has 3 atom stereocenters. The van der Waals surface area contributed by atoms with Crippen LogP contribution in [0.1, 0.15) is 54.2 Å². The van der Waals surface area contributed by atoms with Crippen LogP contribution in [0, 0.1) is 11.3 Å². The number of nitrogens with zero attached hydrogens (tertiary/aromatic N) is 5. The zero-order valence-electron chi connectivity index (χ0n) is 22.8. The summed E-state index contributed by atoms with van der Waals surface area (Å²) in [5.41, 5.74) is 1.44. The highest BCUT2D eigenvalue weighted by Gasteiger charge is 2.42. The van der Waals surface area contributed by atoms with Crippen LogP contribution in [0.2, 0.25) is 0 Å². The van der Waals surface area contributed by atoms with Gasteiger partial charge in [0.05, 0.1) is 36.8 Å². The van der Waals surface area contributed by atoms with Gasteiger partial charge in [0.25, 0.3) is 5.91 Å². The first-order valence-corrected chi connectivity index (χ1v) is 13.9. The lowest BCUT2D eigenvalue weighted by Gasteiger charge is -2.41. The van der Waals surface area contributed by atoms with Gasteiger partial charge in [-0.25, -0.2) is 9.97 Å². The standard InChI is InChI=1S/C30H36N6O4/c1-39-20-30(38)13-6-5-9-25(30)36-21-34-27(28(36)23-7-3-2-4-8-23)29(37)35-15-14-32-19-24(35)12-16-40-26-11-10-22(17-31)18-33-26/h2-4,7-8,10-11,18,21,24-25,32,38H,5-6,9,12-16,19-20H2,1H3/t24?,25-,30+/m1/s1. The molecule has 2 aliphatic rings. The molecular weight excluding hydrogens is 508 g/mol. The molecule has 1 aromatic carbocycles. The van der Waals surface area contributed by atoms with Gasteiger partial charge >= 0.3 is 0 Å². The molecule has 5 rings (SSSR count). The highest BCUT2D eigenvalue weighted by atomic mass is 16.5. The molecule has 2 N–H and O–H groups in total. The van der Waals surface area contributed by atoms with Crippen LogP contribution in [0.4, 0.5) is 0 Å². The first-order valence-electron chi connectivity index (χ1n) is 13.9. The van der Waals surface area contributed by atoms with Crippen molar-refractivity contribution in [2.45, 2.75) is 49.8 Å². The molecule has 2 aromatic heterocycles. The molecule has 1 aliphatic carbocycles. The predicted octanol–water partition coefficient (Wildman–Crippen LogP) is 3.19. The Bertz CT molecular complexity index is 1320. The maximum absolute atomic E-state index is 14.1. The van der Waals surface area contributed by atoms with Crippen molar-refractivity contribution in [3.8, 4) is 23.2 Å². The van der Waals surface area contributed by atoms with E-state index in [0.717, 1.165) is 30.5 Å². The monoisotopic (exact) mass is 544 g/mol. The van der Waals surface area contributed by atoms with Crippen LogP contribution in [0.25, 0.3) is 11.3 Å². The molecule has 3 aromatic rings. The first-order chi connectivity index (χ1) is 19.5. The third kappa shape index (κ3) is 5.87. The normalized spacial score (nSPS) is 23.0. The molecule has 1 aliphatic heterocycles. The summed E-state index contributed by atoms with van der Waals surface area (Å²) in [7, 11) is 1.61. The molecule has 1 unspecified atom stereocenters. The minimum Gasteiger partial charge on any atom is -0.478 e. The number of hydrogen-bond donors (Lipinski definition) is 2. The van der Waals surface area contributed by atoms with Gasteiger partial charge in [-0.3, -0.25) is 4.79 Å². The van der Waals surface area contributed by atoms with Crippen LogP contribution in [0.3, 0.4) is 0 Å². The van der Waals surface area contributed by atoms with E-state index < -0.39 is 5.60 Å². The molecule has 1 saturated carbocycles. The second kappa shape index (κ2) is 12.6. The SMILES string of the molecule is COC[C@@]1(O)CCCC[C@H]1n1cnc(C(=O)N2CCNCC2CCOc2ccc(C#N)cn2)c1-c1ccccc1. The fraction of sp³-hybridized carbons (Fsp3) is 0.467. The van der Waals surface area contributed by atoms with Crippen LogP contribution in [-0.2, 0) is 4.74 Å². The van der Waals surface area contributed by atoms with Crippen molar-refractivity contribution in [3.05, 3.63) is 66.2 Å². The molecule has 10 heteroatoms.